The monoisotopic (exact) mass is 386 g/mol. The molecule has 0 radical (unpaired) electrons. The van der Waals surface area contributed by atoms with Gasteiger partial charge in [-0.3, -0.25) is 10.0 Å². The third kappa shape index (κ3) is 15.2. The van der Waals surface area contributed by atoms with E-state index in [1.807, 2.05) is 0 Å². The highest BCUT2D eigenvalue weighted by atomic mass is 19.4. The van der Waals surface area contributed by atoms with E-state index in [0.29, 0.717) is 12.3 Å². The van der Waals surface area contributed by atoms with Crippen LogP contribution in [0.15, 0.2) is 0 Å². The molecule has 0 aromatic carbocycles. The SMILES string of the molecule is O=C(CC1CCNCC1)NO.O=C(O)C(F)(F)F.O=C(O)C(F)(F)F. The summed E-state index contributed by atoms with van der Waals surface area (Å²) in [5.74, 6) is -5.33. The Balaban J connectivity index is 0. The zero-order valence-electron chi connectivity index (χ0n) is 12.4. The van der Waals surface area contributed by atoms with Crippen molar-refractivity contribution in [2.24, 2.45) is 5.92 Å². The van der Waals surface area contributed by atoms with Crippen molar-refractivity contribution in [3.8, 4) is 0 Å². The second-order valence-electron chi connectivity index (χ2n) is 4.54. The van der Waals surface area contributed by atoms with Crippen LogP contribution in [0.2, 0.25) is 0 Å². The van der Waals surface area contributed by atoms with Gasteiger partial charge in [-0.25, -0.2) is 15.1 Å². The number of hydrogen-bond acceptors (Lipinski definition) is 5. The highest BCUT2D eigenvalue weighted by Gasteiger charge is 2.38. The molecular formula is C11H16F6N2O6. The minimum atomic E-state index is -5.08. The van der Waals surface area contributed by atoms with E-state index in [-0.39, 0.29) is 5.91 Å². The Labute approximate surface area is 136 Å². The molecule has 1 heterocycles. The number of piperidine rings is 1. The molecule has 1 rings (SSSR count). The zero-order valence-corrected chi connectivity index (χ0v) is 12.4. The van der Waals surface area contributed by atoms with E-state index in [4.69, 9.17) is 25.0 Å². The highest BCUT2D eigenvalue weighted by Crippen LogP contribution is 2.15. The molecule has 8 nitrogen and oxygen atoms in total. The van der Waals surface area contributed by atoms with Crippen molar-refractivity contribution in [2.75, 3.05) is 13.1 Å². The van der Waals surface area contributed by atoms with Crippen molar-refractivity contribution in [3.05, 3.63) is 0 Å². The minimum Gasteiger partial charge on any atom is -0.475 e. The molecule has 0 spiro atoms. The number of alkyl halides is 6. The number of carboxylic acid groups (broad SMARTS) is 2. The maximum Gasteiger partial charge on any atom is 0.490 e. The average Bonchev–Trinajstić information content (AvgIpc) is 2.47. The molecule has 25 heavy (non-hydrogen) atoms. The standard InChI is InChI=1S/C7H14N2O2.2C2HF3O2/c10-7(9-11)5-6-1-3-8-4-2-6;2*3-2(4,5)1(6)7/h6,8,11H,1-5H2,(H,9,10);2*(H,6,7). The van der Waals surface area contributed by atoms with Gasteiger partial charge in [0.1, 0.15) is 0 Å². The second-order valence-corrected chi connectivity index (χ2v) is 4.54. The predicted octanol–water partition coefficient (Wildman–Crippen LogP) is 1.15. The van der Waals surface area contributed by atoms with Crippen LogP contribution < -0.4 is 10.8 Å². The summed E-state index contributed by atoms with van der Waals surface area (Å²) in [7, 11) is 0. The fourth-order valence-electron chi connectivity index (χ4n) is 1.39. The zero-order chi connectivity index (χ0) is 20.3. The predicted molar refractivity (Wildman–Crippen MR) is 67.5 cm³/mol. The van der Waals surface area contributed by atoms with E-state index in [0.717, 1.165) is 25.9 Å². The van der Waals surface area contributed by atoms with Gasteiger partial charge in [-0.05, 0) is 31.8 Å². The normalized spacial score (nSPS) is 15.0. The summed E-state index contributed by atoms with van der Waals surface area (Å²) in [4.78, 5) is 28.5. The molecule has 0 atom stereocenters. The van der Waals surface area contributed by atoms with Crippen molar-refractivity contribution in [2.45, 2.75) is 31.6 Å². The van der Waals surface area contributed by atoms with Crippen LogP contribution in [0.1, 0.15) is 19.3 Å². The lowest BCUT2D eigenvalue weighted by Gasteiger charge is -2.21. The van der Waals surface area contributed by atoms with Gasteiger partial charge < -0.3 is 15.5 Å². The topological polar surface area (TPSA) is 136 Å². The van der Waals surface area contributed by atoms with Gasteiger partial charge in [0, 0.05) is 6.42 Å². The maximum absolute atomic E-state index is 10.7. The first-order chi connectivity index (χ1) is 11.2. The van der Waals surface area contributed by atoms with Crippen LogP contribution in [-0.2, 0) is 14.4 Å². The van der Waals surface area contributed by atoms with Crippen molar-refractivity contribution < 1.29 is 56.1 Å². The van der Waals surface area contributed by atoms with Gasteiger partial charge in [0.05, 0.1) is 0 Å². The van der Waals surface area contributed by atoms with Gasteiger partial charge in [0.2, 0.25) is 5.91 Å². The number of aliphatic carboxylic acids is 2. The number of halogens is 6. The van der Waals surface area contributed by atoms with E-state index in [1.165, 1.54) is 0 Å². The van der Waals surface area contributed by atoms with E-state index in [9.17, 15) is 31.1 Å². The number of hydroxylamine groups is 1. The molecular weight excluding hydrogens is 370 g/mol. The summed E-state index contributed by atoms with van der Waals surface area (Å²) in [6, 6.07) is 0. The van der Waals surface area contributed by atoms with Crippen molar-refractivity contribution in [3.63, 3.8) is 0 Å². The molecule has 1 aliphatic heterocycles. The maximum atomic E-state index is 10.7. The van der Waals surface area contributed by atoms with Gasteiger partial charge in [-0.15, -0.1) is 0 Å². The second kappa shape index (κ2) is 11.5. The lowest BCUT2D eigenvalue weighted by molar-refractivity contribution is -0.193. The van der Waals surface area contributed by atoms with Crippen LogP contribution in [0.4, 0.5) is 26.3 Å². The van der Waals surface area contributed by atoms with Crippen LogP contribution in [0.3, 0.4) is 0 Å². The largest absolute Gasteiger partial charge is 0.490 e. The first-order valence-corrected chi connectivity index (χ1v) is 6.45. The number of amides is 1. The van der Waals surface area contributed by atoms with Crippen LogP contribution in [-0.4, -0.2) is 58.7 Å². The number of carbonyl (C=O) groups is 3. The van der Waals surface area contributed by atoms with Crippen LogP contribution in [0.5, 0.6) is 0 Å². The van der Waals surface area contributed by atoms with Crippen LogP contribution in [0.25, 0.3) is 0 Å². The fourth-order valence-corrected chi connectivity index (χ4v) is 1.39. The molecule has 0 bridgehead atoms. The number of carboxylic acids is 2. The van der Waals surface area contributed by atoms with E-state index < -0.39 is 24.3 Å². The Morgan fingerprint density at radius 2 is 1.24 bits per heavy atom. The molecule has 0 aliphatic carbocycles. The molecule has 0 saturated carbocycles. The molecule has 1 amide bonds. The Hall–Kier alpha value is -2.09. The first-order valence-electron chi connectivity index (χ1n) is 6.45. The minimum absolute atomic E-state index is 0.267. The summed E-state index contributed by atoms with van der Waals surface area (Å²) in [6.45, 7) is 1.98. The highest BCUT2D eigenvalue weighted by molar-refractivity contribution is 5.74. The molecule has 0 unspecified atom stereocenters. The summed E-state index contributed by atoms with van der Waals surface area (Å²) in [5.41, 5.74) is 1.65. The molecule has 0 aromatic heterocycles. The molecule has 148 valence electrons. The van der Waals surface area contributed by atoms with Gasteiger partial charge >= 0.3 is 24.3 Å². The first kappa shape index (κ1) is 25.2. The van der Waals surface area contributed by atoms with Crippen molar-refractivity contribution in [1.29, 1.82) is 0 Å². The number of hydrogen-bond donors (Lipinski definition) is 5. The van der Waals surface area contributed by atoms with Crippen LogP contribution in [0, 0.1) is 5.92 Å². The van der Waals surface area contributed by atoms with Crippen molar-refractivity contribution in [1.82, 2.24) is 10.8 Å². The molecule has 5 N–H and O–H groups in total. The molecule has 1 fully saturated rings. The van der Waals surface area contributed by atoms with Gasteiger partial charge in [0.15, 0.2) is 0 Å². The van der Waals surface area contributed by atoms with Crippen molar-refractivity contribution >= 4 is 17.8 Å². The smallest absolute Gasteiger partial charge is 0.475 e. The van der Waals surface area contributed by atoms with E-state index >= 15 is 0 Å². The lowest BCUT2D eigenvalue weighted by atomic mass is 9.94. The number of rotatable bonds is 2. The summed E-state index contributed by atoms with van der Waals surface area (Å²) < 4.78 is 63.5. The Bertz CT molecular complexity index is 410. The lowest BCUT2D eigenvalue weighted by Crippen LogP contribution is -2.31. The molecule has 1 aliphatic rings. The van der Waals surface area contributed by atoms with E-state index in [1.54, 1.807) is 5.48 Å². The third-order valence-corrected chi connectivity index (χ3v) is 2.54. The molecule has 14 heteroatoms. The summed E-state index contributed by atoms with van der Waals surface area (Å²) >= 11 is 0. The van der Waals surface area contributed by atoms with Gasteiger partial charge in [0.25, 0.3) is 0 Å². The summed E-state index contributed by atoms with van der Waals surface area (Å²) in [6.07, 6.45) is -7.64. The Morgan fingerprint density at radius 3 is 1.48 bits per heavy atom. The number of carbonyl (C=O) groups excluding carboxylic acids is 1. The Morgan fingerprint density at radius 1 is 0.920 bits per heavy atom. The third-order valence-electron chi connectivity index (χ3n) is 2.54. The number of nitrogens with one attached hydrogen (secondary N) is 2. The Kier molecular flexibility index (Phi) is 11.5. The quantitative estimate of drug-likeness (QED) is 0.273. The van der Waals surface area contributed by atoms with Crippen LogP contribution >= 0.6 is 0 Å². The van der Waals surface area contributed by atoms with Gasteiger partial charge in [-0.1, -0.05) is 0 Å². The summed E-state index contributed by atoms with van der Waals surface area (Å²) in [5, 5.41) is 25.7. The fraction of sp³-hybridized carbons (Fsp3) is 0.727. The molecule has 0 aromatic rings. The van der Waals surface area contributed by atoms with Gasteiger partial charge in [-0.2, -0.15) is 26.3 Å². The molecule has 1 saturated heterocycles. The van der Waals surface area contributed by atoms with E-state index in [2.05, 4.69) is 5.32 Å². The average molecular weight is 386 g/mol.